The first-order valence-corrected chi connectivity index (χ1v) is 5.21. The summed E-state index contributed by atoms with van der Waals surface area (Å²) in [6.07, 6.45) is 0. The van der Waals surface area contributed by atoms with E-state index in [0.29, 0.717) is 12.2 Å². The van der Waals surface area contributed by atoms with Crippen LogP contribution in [0.4, 0.5) is 5.69 Å². The predicted molar refractivity (Wildman–Crippen MR) is 64.6 cm³/mol. The Hall–Kier alpha value is -2.12. The molecular weight excluding hydrogens is 238 g/mol. The lowest BCUT2D eigenvalue weighted by molar-refractivity contribution is 0.0501. The monoisotopic (exact) mass is 253 g/mol. The summed E-state index contributed by atoms with van der Waals surface area (Å²) >= 11 is 0. The van der Waals surface area contributed by atoms with Gasteiger partial charge in [0.25, 0.3) is 0 Å². The molecule has 1 rings (SSSR count). The minimum atomic E-state index is -0.743. The summed E-state index contributed by atoms with van der Waals surface area (Å²) in [7, 11) is 1.81. The molecule has 0 radical (unpaired) electrons. The maximum atomic E-state index is 11.4. The lowest BCUT2D eigenvalue weighted by atomic mass is 10.1. The molecule has 98 valence electrons. The molecule has 0 aliphatic heterocycles. The summed E-state index contributed by atoms with van der Waals surface area (Å²) in [5.41, 5.74) is 0.951. The topological polar surface area (TPSA) is 108 Å². The van der Waals surface area contributed by atoms with Gasteiger partial charge >= 0.3 is 11.9 Å². The van der Waals surface area contributed by atoms with Crippen molar-refractivity contribution in [2.45, 2.75) is 6.92 Å². The third-order valence-electron chi connectivity index (χ3n) is 2.52. The van der Waals surface area contributed by atoms with E-state index in [1.165, 1.54) is 6.07 Å². The van der Waals surface area contributed by atoms with Gasteiger partial charge in [0.2, 0.25) is 0 Å². The highest BCUT2D eigenvalue weighted by Gasteiger charge is 2.15. The molecule has 0 saturated carbocycles. The lowest BCUT2D eigenvalue weighted by Gasteiger charge is -2.18. The molecule has 0 spiro atoms. The summed E-state index contributed by atoms with van der Waals surface area (Å²) in [5, 5.41) is 0. The van der Waals surface area contributed by atoms with Crippen LogP contribution in [0.1, 0.15) is 27.6 Å². The minimum Gasteiger partial charge on any atom is -0.375 e. The third kappa shape index (κ3) is 2.96. The van der Waals surface area contributed by atoms with Gasteiger partial charge in [-0.3, -0.25) is 0 Å². The number of carbonyl (C=O) groups excluding carboxylic acids is 2. The standard InChI is InChI=1S/C11H15N3O4/c1-3-14(2)9-5-7(10(15)17-12)4-8(6-9)11(16)18-13/h4-6H,3,12-13H2,1-2H3. The number of rotatable bonds is 4. The number of nitrogens with zero attached hydrogens (tertiary/aromatic N) is 1. The number of anilines is 1. The fourth-order valence-corrected chi connectivity index (χ4v) is 1.39. The average Bonchev–Trinajstić information content (AvgIpc) is 2.43. The molecule has 0 heterocycles. The first-order chi connectivity index (χ1) is 8.53. The highest BCUT2D eigenvalue weighted by molar-refractivity contribution is 5.96. The summed E-state index contributed by atoms with van der Waals surface area (Å²) < 4.78 is 0. The Labute approximate surface area is 104 Å². The van der Waals surface area contributed by atoms with Crippen LogP contribution in [0.15, 0.2) is 18.2 Å². The van der Waals surface area contributed by atoms with Crippen molar-refractivity contribution in [1.29, 1.82) is 0 Å². The first kappa shape index (κ1) is 13.9. The van der Waals surface area contributed by atoms with Gasteiger partial charge in [0.1, 0.15) is 0 Å². The molecule has 0 amide bonds. The van der Waals surface area contributed by atoms with E-state index >= 15 is 0 Å². The smallest absolute Gasteiger partial charge is 0.356 e. The van der Waals surface area contributed by atoms with Crippen LogP contribution in [-0.4, -0.2) is 25.5 Å². The average molecular weight is 253 g/mol. The van der Waals surface area contributed by atoms with Crippen LogP contribution in [0.5, 0.6) is 0 Å². The number of hydrogen-bond donors (Lipinski definition) is 2. The van der Waals surface area contributed by atoms with Gasteiger partial charge in [0.05, 0.1) is 11.1 Å². The van der Waals surface area contributed by atoms with Gasteiger partial charge in [0.15, 0.2) is 0 Å². The normalized spacial score (nSPS) is 9.78. The predicted octanol–water partition coefficient (Wildman–Crippen LogP) is 0.204. The van der Waals surface area contributed by atoms with Gasteiger partial charge in [-0.25, -0.2) is 9.59 Å². The van der Waals surface area contributed by atoms with Crippen molar-refractivity contribution in [3.05, 3.63) is 29.3 Å². The molecule has 1 aromatic carbocycles. The van der Waals surface area contributed by atoms with E-state index in [2.05, 4.69) is 9.68 Å². The Balaban J connectivity index is 3.28. The minimum absolute atomic E-state index is 0.149. The van der Waals surface area contributed by atoms with Crippen LogP contribution in [0.2, 0.25) is 0 Å². The van der Waals surface area contributed by atoms with E-state index in [1.807, 2.05) is 18.9 Å². The second-order valence-electron chi connectivity index (χ2n) is 3.59. The zero-order chi connectivity index (χ0) is 13.7. The van der Waals surface area contributed by atoms with Crippen LogP contribution in [-0.2, 0) is 9.68 Å². The Morgan fingerprint density at radius 2 is 1.56 bits per heavy atom. The fraction of sp³-hybridized carbons (Fsp3) is 0.273. The van der Waals surface area contributed by atoms with Crippen LogP contribution < -0.4 is 16.7 Å². The molecule has 0 aliphatic carbocycles. The van der Waals surface area contributed by atoms with Crippen molar-refractivity contribution in [3.8, 4) is 0 Å². The number of carbonyl (C=O) groups is 2. The van der Waals surface area contributed by atoms with Crippen LogP contribution in [0.3, 0.4) is 0 Å². The van der Waals surface area contributed by atoms with Crippen molar-refractivity contribution in [2.75, 3.05) is 18.5 Å². The Morgan fingerprint density at radius 3 is 1.89 bits per heavy atom. The first-order valence-electron chi connectivity index (χ1n) is 5.21. The second kappa shape index (κ2) is 5.99. The van der Waals surface area contributed by atoms with Gasteiger partial charge in [-0.2, -0.15) is 11.8 Å². The number of benzene rings is 1. The summed E-state index contributed by atoms with van der Waals surface area (Å²) in [5.74, 6) is 8.15. The molecule has 7 nitrogen and oxygen atoms in total. The highest BCUT2D eigenvalue weighted by atomic mass is 16.7. The molecule has 18 heavy (non-hydrogen) atoms. The van der Waals surface area contributed by atoms with Crippen molar-refractivity contribution >= 4 is 17.6 Å². The Morgan fingerprint density at radius 1 is 1.11 bits per heavy atom. The molecule has 4 N–H and O–H groups in total. The van der Waals surface area contributed by atoms with Crippen LogP contribution in [0.25, 0.3) is 0 Å². The summed E-state index contributed by atoms with van der Waals surface area (Å²) in [6, 6.07) is 4.43. The molecule has 0 saturated heterocycles. The maximum absolute atomic E-state index is 11.4. The third-order valence-corrected chi connectivity index (χ3v) is 2.52. The lowest BCUT2D eigenvalue weighted by Crippen LogP contribution is -2.19. The van der Waals surface area contributed by atoms with Crippen molar-refractivity contribution in [2.24, 2.45) is 11.8 Å². The van der Waals surface area contributed by atoms with E-state index in [9.17, 15) is 9.59 Å². The van der Waals surface area contributed by atoms with Gasteiger partial charge in [-0.05, 0) is 25.1 Å². The van der Waals surface area contributed by atoms with Gasteiger partial charge in [0, 0.05) is 19.3 Å². The van der Waals surface area contributed by atoms with E-state index in [4.69, 9.17) is 11.8 Å². The van der Waals surface area contributed by atoms with Gasteiger partial charge in [-0.15, -0.1) is 0 Å². The van der Waals surface area contributed by atoms with Crippen molar-refractivity contribution in [1.82, 2.24) is 0 Å². The summed E-state index contributed by atoms with van der Waals surface area (Å²) in [6.45, 7) is 2.62. The Bertz CT molecular complexity index is 427. The molecule has 0 aliphatic rings. The van der Waals surface area contributed by atoms with Crippen molar-refractivity contribution < 1.29 is 19.3 Å². The van der Waals surface area contributed by atoms with Crippen LogP contribution in [0, 0.1) is 0 Å². The molecule has 0 fully saturated rings. The van der Waals surface area contributed by atoms with E-state index in [1.54, 1.807) is 12.1 Å². The molecule has 0 atom stereocenters. The summed E-state index contributed by atoms with van der Waals surface area (Å²) in [4.78, 5) is 32.9. The molecular formula is C11H15N3O4. The van der Waals surface area contributed by atoms with Gasteiger partial charge < -0.3 is 14.6 Å². The molecule has 0 unspecified atom stereocenters. The van der Waals surface area contributed by atoms with E-state index < -0.39 is 11.9 Å². The van der Waals surface area contributed by atoms with Crippen LogP contribution >= 0.6 is 0 Å². The number of nitrogens with two attached hydrogens (primary N) is 2. The molecule has 1 aromatic rings. The van der Waals surface area contributed by atoms with Crippen molar-refractivity contribution in [3.63, 3.8) is 0 Å². The molecule has 7 heteroatoms. The van der Waals surface area contributed by atoms with E-state index in [0.717, 1.165) is 0 Å². The zero-order valence-electron chi connectivity index (χ0n) is 10.2. The largest absolute Gasteiger partial charge is 0.375 e. The van der Waals surface area contributed by atoms with E-state index in [-0.39, 0.29) is 11.1 Å². The maximum Gasteiger partial charge on any atom is 0.356 e. The Kier molecular flexibility index (Phi) is 4.64. The molecule has 0 bridgehead atoms. The molecule has 0 aromatic heterocycles. The second-order valence-corrected chi connectivity index (χ2v) is 3.59. The quantitative estimate of drug-likeness (QED) is 0.738. The SMILES string of the molecule is CCN(C)c1cc(C(=O)ON)cc(C(=O)ON)c1. The highest BCUT2D eigenvalue weighted by Crippen LogP contribution is 2.19. The van der Waals surface area contributed by atoms with Gasteiger partial charge in [-0.1, -0.05) is 0 Å². The fourth-order valence-electron chi connectivity index (χ4n) is 1.39. The zero-order valence-corrected chi connectivity index (χ0v) is 10.2. The number of hydrogen-bond acceptors (Lipinski definition) is 7.